The van der Waals surface area contributed by atoms with Crippen LogP contribution in [0.5, 0.6) is 5.75 Å². The number of likely N-dealkylation sites (tertiary alicyclic amines) is 1. The van der Waals surface area contributed by atoms with E-state index >= 15 is 0 Å². The lowest BCUT2D eigenvalue weighted by Crippen LogP contribution is -2.43. The first-order valence-corrected chi connectivity index (χ1v) is 11.2. The molecule has 0 saturated carbocycles. The summed E-state index contributed by atoms with van der Waals surface area (Å²) < 4.78 is 5.44. The van der Waals surface area contributed by atoms with Crippen molar-refractivity contribution in [3.63, 3.8) is 0 Å². The summed E-state index contributed by atoms with van der Waals surface area (Å²) in [7, 11) is 1.64. The molecule has 1 N–H and O–H groups in total. The summed E-state index contributed by atoms with van der Waals surface area (Å²) in [5, 5.41) is 6.94. The van der Waals surface area contributed by atoms with Gasteiger partial charge < -0.3 is 15.0 Å². The molecule has 0 bridgehead atoms. The molecule has 2 heterocycles. The van der Waals surface area contributed by atoms with E-state index in [0.29, 0.717) is 38.0 Å². The van der Waals surface area contributed by atoms with Gasteiger partial charge in [-0.25, -0.2) is 0 Å². The maximum absolute atomic E-state index is 13.2. The molecule has 1 saturated heterocycles. The molecule has 0 unspecified atom stereocenters. The Hall–Kier alpha value is -2.86. The van der Waals surface area contributed by atoms with Gasteiger partial charge in [0.2, 0.25) is 5.91 Å². The predicted octanol–water partition coefficient (Wildman–Crippen LogP) is 4.12. The number of piperidine rings is 1. The van der Waals surface area contributed by atoms with Gasteiger partial charge in [-0.3, -0.25) is 9.59 Å². The molecule has 1 aliphatic heterocycles. The Labute approximate surface area is 180 Å². The molecule has 30 heavy (non-hydrogen) atoms. The van der Waals surface area contributed by atoms with Crippen molar-refractivity contribution in [2.45, 2.75) is 19.3 Å². The highest BCUT2D eigenvalue weighted by molar-refractivity contribution is 7.09. The van der Waals surface area contributed by atoms with Gasteiger partial charge in [-0.05, 0) is 48.2 Å². The van der Waals surface area contributed by atoms with Crippen molar-refractivity contribution < 1.29 is 14.3 Å². The van der Waals surface area contributed by atoms with E-state index in [1.54, 1.807) is 18.4 Å². The number of amides is 2. The number of carbonyl (C=O) groups is 2. The van der Waals surface area contributed by atoms with Crippen molar-refractivity contribution in [1.29, 1.82) is 0 Å². The zero-order valence-electron chi connectivity index (χ0n) is 17.1. The Morgan fingerprint density at radius 2 is 1.83 bits per heavy atom. The largest absolute Gasteiger partial charge is 0.496 e. The molecule has 4 rings (SSSR count). The van der Waals surface area contributed by atoms with E-state index in [-0.39, 0.29) is 17.7 Å². The third kappa shape index (κ3) is 4.33. The number of nitrogens with one attached hydrogen (secondary N) is 1. The summed E-state index contributed by atoms with van der Waals surface area (Å²) in [4.78, 5) is 28.8. The highest BCUT2D eigenvalue weighted by Gasteiger charge is 2.28. The maximum atomic E-state index is 13.2. The van der Waals surface area contributed by atoms with Crippen LogP contribution in [0.4, 0.5) is 0 Å². The topological polar surface area (TPSA) is 58.6 Å². The van der Waals surface area contributed by atoms with Gasteiger partial charge in [0.15, 0.2) is 0 Å². The zero-order chi connectivity index (χ0) is 20.9. The van der Waals surface area contributed by atoms with Crippen molar-refractivity contribution in [3.05, 3.63) is 64.4 Å². The molecule has 0 radical (unpaired) electrons. The summed E-state index contributed by atoms with van der Waals surface area (Å²) in [6.45, 7) is 1.86. The monoisotopic (exact) mass is 422 g/mol. The van der Waals surface area contributed by atoms with Crippen LogP contribution in [-0.4, -0.2) is 43.5 Å². The Kier molecular flexibility index (Phi) is 6.33. The summed E-state index contributed by atoms with van der Waals surface area (Å²) in [5.41, 5.74) is 0.685. The minimum Gasteiger partial charge on any atom is -0.496 e. The van der Waals surface area contributed by atoms with Crippen molar-refractivity contribution in [2.75, 3.05) is 26.7 Å². The van der Waals surface area contributed by atoms with E-state index in [9.17, 15) is 9.59 Å². The first-order valence-electron chi connectivity index (χ1n) is 10.3. The van der Waals surface area contributed by atoms with Gasteiger partial charge in [-0.15, -0.1) is 11.3 Å². The standard InChI is InChI=1S/C24H26N2O3S/c1-29-22-9-8-21(19-6-2-3-7-20(19)22)24(28)26-14-11-17(12-15-26)23(27)25-13-10-18-5-4-16-30-18/h2-9,16-17H,10-15H2,1H3,(H,25,27). The van der Waals surface area contributed by atoms with Gasteiger partial charge in [0, 0.05) is 41.4 Å². The lowest BCUT2D eigenvalue weighted by atomic mass is 9.94. The van der Waals surface area contributed by atoms with Crippen LogP contribution in [0.25, 0.3) is 10.8 Å². The first kappa shape index (κ1) is 20.4. The van der Waals surface area contributed by atoms with E-state index in [0.717, 1.165) is 22.9 Å². The van der Waals surface area contributed by atoms with Crippen molar-refractivity contribution in [3.8, 4) is 5.75 Å². The number of carbonyl (C=O) groups excluding carboxylic acids is 2. The molecule has 6 heteroatoms. The van der Waals surface area contributed by atoms with E-state index in [1.807, 2.05) is 47.4 Å². The molecule has 2 aromatic carbocycles. The molecule has 0 atom stereocenters. The van der Waals surface area contributed by atoms with E-state index < -0.39 is 0 Å². The van der Waals surface area contributed by atoms with Crippen molar-refractivity contribution in [1.82, 2.24) is 10.2 Å². The second-order valence-corrected chi connectivity index (χ2v) is 8.58. The quantitative estimate of drug-likeness (QED) is 0.650. The molecule has 5 nitrogen and oxygen atoms in total. The van der Waals surface area contributed by atoms with Gasteiger partial charge in [0.1, 0.15) is 5.75 Å². The van der Waals surface area contributed by atoms with Crippen LogP contribution in [0, 0.1) is 5.92 Å². The summed E-state index contributed by atoms with van der Waals surface area (Å²) in [6, 6.07) is 15.6. The van der Waals surface area contributed by atoms with Crippen LogP contribution in [-0.2, 0) is 11.2 Å². The highest BCUT2D eigenvalue weighted by atomic mass is 32.1. The van der Waals surface area contributed by atoms with Crippen molar-refractivity contribution in [2.24, 2.45) is 5.92 Å². The third-order valence-corrected chi connectivity index (χ3v) is 6.67. The van der Waals surface area contributed by atoms with Gasteiger partial charge in [-0.1, -0.05) is 30.3 Å². The Morgan fingerprint density at radius 3 is 2.53 bits per heavy atom. The predicted molar refractivity (Wildman–Crippen MR) is 120 cm³/mol. The number of nitrogens with zero attached hydrogens (tertiary/aromatic N) is 1. The molecular formula is C24H26N2O3S. The van der Waals surface area contributed by atoms with Crippen LogP contribution < -0.4 is 10.1 Å². The van der Waals surface area contributed by atoms with E-state index in [2.05, 4.69) is 16.8 Å². The molecule has 1 aliphatic rings. The summed E-state index contributed by atoms with van der Waals surface area (Å²) in [6.07, 6.45) is 2.26. The molecular weight excluding hydrogens is 396 g/mol. The number of thiophene rings is 1. The summed E-state index contributed by atoms with van der Waals surface area (Å²) in [5.74, 6) is 0.865. The normalized spacial score (nSPS) is 14.6. The Balaban J connectivity index is 1.35. The number of hydrogen-bond acceptors (Lipinski definition) is 4. The highest BCUT2D eigenvalue weighted by Crippen LogP contribution is 2.30. The maximum Gasteiger partial charge on any atom is 0.254 e. The van der Waals surface area contributed by atoms with E-state index in [1.165, 1.54) is 4.88 Å². The van der Waals surface area contributed by atoms with Gasteiger partial charge in [0.25, 0.3) is 5.91 Å². The van der Waals surface area contributed by atoms with Crippen molar-refractivity contribution >= 4 is 33.9 Å². The molecule has 1 fully saturated rings. The lowest BCUT2D eigenvalue weighted by molar-refractivity contribution is -0.126. The van der Waals surface area contributed by atoms with Crippen LogP contribution >= 0.6 is 11.3 Å². The molecule has 3 aromatic rings. The van der Waals surface area contributed by atoms with E-state index in [4.69, 9.17) is 4.74 Å². The number of methoxy groups -OCH3 is 1. The third-order valence-electron chi connectivity index (χ3n) is 5.74. The number of ether oxygens (including phenoxy) is 1. The fraction of sp³-hybridized carbons (Fsp3) is 0.333. The number of fused-ring (bicyclic) bond motifs is 1. The minimum absolute atomic E-state index is 0.0189. The van der Waals surface area contributed by atoms with Gasteiger partial charge >= 0.3 is 0 Å². The Bertz CT molecular complexity index is 1020. The molecule has 1 aromatic heterocycles. The fourth-order valence-electron chi connectivity index (χ4n) is 4.06. The second-order valence-electron chi connectivity index (χ2n) is 7.55. The second kappa shape index (κ2) is 9.30. The SMILES string of the molecule is COc1ccc(C(=O)N2CCC(C(=O)NCCc3cccs3)CC2)c2ccccc12. The average molecular weight is 423 g/mol. The molecule has 0 aliphatic carbocycles. The van der Waals surface area contributed by atoms with Crippen LogP contribution in [0.15, 0.2) is 53.9 Å². The molecule has 2 amide bonds. The minimum atomic E-state index is -0.0232. The molecule has 0 spiro atoms. The molecule has 156 valence electrons. The smallest absolute Gasteiger partial charge is 0.254 e. The average Bonchev–Trinajstić information content (AvgIpc) is 3.31. The fourth-order valence-corrected chi connectivity index (χ4v) is 4.77. The van der Waals surface area contributed by atoms with Crippen LogP contribution in [0.2, 0.25) is 0 Å². The number of hydrogen-bond donors (Lipinski definition) is 1. The van der Waals surface area contributed by atoms with Crippen LogP contribution in [0.1, 0.15) is 28.1 Å². The Morgan fingerprint density at radius 1 is 1.07 bits per heavy atom. The summed E-state index contributed by atoms with van der Waals surface area (Å²) >= 11 is 1.71. The number of rotatable bonds is 6. The zero-order valence-corrected chi connectivity index (χ0v) is 17.9. The number of benzene rings is 2. The van der Waals surface area contributed by atoms with Gasteiger partial charge in [0.05, 0.1) is 7.11 Å². The van der Waals surface area contributed by atoms with Crippen LogP contribution in [0.3, 0.4) is 0 Å². The lowest BCUT2D eigenvalue weighted by Gasteiger charge is -2.31. The first-order chi connectivity index (χ1) is 14.7. The van der Waals surface area contributed by atoms with Gasteiger partial charge in [-0.2, -0.15) is 0 Å².